The summed E-state index contributed by atoms with van der Waals surface area (Å²) >= 11 is 5.78. The molecule has 1 aliphatic heterocycles. The molecule has 2 aromatic heterocycles. The standard InChI is InChI=1S/C17H18ClN5O2/c18-12-3-4-14(21-10-12)23-17(25)15-13(2-1-7-20-15)22-16(24)11-5-8-19-9-6-11/h1-4,7,10-11,19H,5-6,8-9H2,(H,22,24)(H,21,23,25). The van der Waals surface area contributed by atoms with Crippen molar-refractivity contribution in [2.24, 2.45) is 5.92 Å². The smallest absolute Gasteiger partial charge is 0.277 e. The highest BCUT2D eigenvalue weighted by Crippen LogP contribution is 2.19. The van der Waals surface area contributed by atoms with Crippen molar-refractivity contribution in [1.29, 1.82) is 0 Å². The van der Waals surface area contributed by atoms with Crippen LogP contribution in [-0.2, 0) is 4.79 Å². The summed E-state index contributed by atoms with van der Waals surface area (Å²) < 4.78 is 0. The van der Waals surface area contributed by atoms with E-state index in [1.54, 1.807) is 24.3 Å². The zero-order valence-electron chi connectivity index (χ0n) is 13.5. The van der Waals surface area contributed by atoms with Gasteiger partial charge in [0.1, 0.15) is 5.82 Å². The minimum atomic E-state index is -0.448. The summed E-state index contributed by atoms with van der Waals surface area (Å²) in [5.74, 6) is -0.241. The molecular formula is C17H18ClN5O2. The lowest BCUT2D eigenvalue weighted by molar-refractivity contribution is -0.120. The first-order valence-corrected chi connectivity index (χ1v) is 8.41. The predicted octanol–water partition coefficient (Wildman–Crippen LogP) is 2.32. The van der Waals surface area contributed by atoms with E-state index in [1.165, 1.54) is 12.4 Å². The molecule has 3 heterocycles. The fraction of sp³-hybridized carbons (Fsp3) is 0.294. The van der Waals surface area contributed by atoms with Gasteiger partial charge in [-0.2, -0.15) is 0 Å². The molecule has 3 rings (SSSR count). The van der Waals surface area contributed by atoms with Gasteiger partial charge >= 0.3 is 0 Å². The summed E-state index contributed by atoms with van der Waals surface area (Å²) in [6.45, 7) is 1.64. The molecule has 0 saturated carbocycles. The van der Waals surface area contributed by atoms with Gasteiger partial charge in [-0.15, -0.1) is 0 Å². The molecule has 7 nitrogen and oxygen atoms in total. The number of hydrogen-bond acceptors (Lipinski definition) is 5. The van der Waals surface area contributed by atoms with E-state index in [2.05, 4.69) is 25.9 Å². The molecule has 0 radical (unpaired) electrons. The number of pyridine rings is 2. The highest BCUT2D eigenvalue weighted by molar-refractivity contribution is 6.30. The molecule has 0 bridgehead atoms. The topological polar surface area (TPSA) is 96.0 Å². The van der Waals surface area contributed by atoms with E-state index in [0.717, 1.165) is 25.9 Å². The Morgan fingerprint density at radius 2 is 1.92 bits per heavy atom. The molecule has 0 aromatic carbocycles. The maximum absolute atomic E-state index is 12.5. The molecular weight excluding hydrogens is 342 g/mol. The molecule has 1 saturated heterocycles. The van der Waals surface area contributed by atoms with E-state index in [4.69, 9.17) is 11.6 Å². The maximum atomic E-state index is 12.5. The summed E-state index contributed by atoms with van der Waals surface area (Å²) in [7, 11) is 0. The van der Waals surface area contributed by atoms with Crippen LogP contribution in [0.4, 0.5) is 11.5 Å². The summed E-state index contributed by atoms with van der Waals surface area (Å²) in [5, 5.41) is 9.17. The predicted molar refractivity (Wildman–Crippen MR) is 95.7 cm³/mol. The number of carbonyl (C=O) groups excluding carboxylic acids is 2. The molecule has 8 heteroatoms. The van der Waals surface area contributed by atoms with E-state index in [-0.39, 0.29) is 17.5 Å². The Kier molecular flexibility index (Phi) is 5.57. The summed E-state index contributed by atoms with van der Waals surface area (Å²) in [6, 6.07) is 6.56. The zero-order chi connectivity index (χ0) is 17.6. The van der Waals surface area contributed by atoms with Gasteiger partial charge in [-0.05, 0) is 50.2 Å². The van der Waals surface area contributed by atoms with Gasteiger partial charge in [0.05, 0.1) is 10.7 Å². The minimum Gasteiger partial charge on any atom is -0.324 e. The van der Waals surface area contributed by atoms with Crippen LogP contribution in [0.3, 0.4) is 0 Å². The average molecular weight is 360 g/mol. The van der Waals surface area contributed by atoms with Crippen LogP contribution in [0.1, 0.15) is 23.3 Å². The minimum absolute atomic E-state index is 0.0599. The van der Waals surface area contributed by atoms with Gasteiger partial charge in [0.15, 0.2) is 5.69 Å². The zero-order valence-corrected chi connectivity index (χ0v) is 14.2. The number of hydrogen-bond donors (Lipinski definition) is 3. The first-order valence-electron chi connectivity index (χ1n) is 8.03. The normalized spacial score (nSPS) is 14.8. The second-order valence-electron chi connectivity index (χ2n) is 5.73. The molecule has 0 aliphatic carbocycles. The highest BCUT2D eigenvalue weighted by atomic mass is 35.5. The van der Waals surface area contributed by atoms with E-state index in [1.807, 2.05) is 0 Å². The van der Waals surface area contributed by atoms with Gasteiger partial charge in [0, 0.05) is 18.3 Å². The lowest BCUT2D eigenvalue weighted by atomic mass is 9.97. The molecule has 2 amide bonds. The van der Waals surface area contributed by atoms with E-state index < -0.39 is 5.91 Å². The molecule has 0 atom stereocenters. The second kappa shape index (κ2) is 8.04. The van der Waals surface area contributed by atoms with Crippen LogP contribution in [-0.4, -0.2) is 34.9 Å². The third kappa shape index (κ3) is 4.52. The van der Waals surface area contributed by atoms with Crippen LogP contribution in [0.25, 0.3) is 0 Å². The van der Waals surface area contributed by atoms with E-state index in [0.29, 0.717) is 16.5 Å². The lowest BCUT2D eigenvalue weighted by Gasteiger charge is -2.22. The molecule has 3 N–H and O–H groups in total. The third-order valence-electron chi connectivity index (χ3n) is 3.96. The first kappa shape index (κ1) is 17.3. The third-order valence-corrected chi connectivity index (χ3v) is 4.18. The fourth-order valence-corrected chi connectivity index (χ4v) is 2.74. The van der Waals surface area contributed by atoms with Gasteiger partial charge in [0.25, 0.3) is 5.91 Å². The number of halogens is 1. The van der Waals surface area contributed by atoms with Crippen LogP contribution in [0.2, 0.25) is 5.02 Å². The van der Waals surface area contributed by atoms with Crippen molar-refractivity contribution in [2.45, 2.75) is 12.8 Å². The van der Waals surface area contributed by atoms with Crippen LogP contribution in [0, 0.1) is 5.92 Å². The maximum Gasteiger partial charge on any atom is 0.277 e. The number of nitrogens with one attached hydrogen (secondary N) is 3. The van der Waals surface area contributed by atoms with Crippen LogP contribution < -0.4 is 16.0 Å². The van der Waals surface area contributed by atoms with E-state index >= 15 is 0 Å². The molecule has 0 unspecified atom stereocenters. The second-order valence-corrected chi connectivity index (χ2v) is 6.17. The van der Waals surface area contributed by atoms with Gasteiger partial charge < -0.3 is 16.0 Å². The quantitative estimate of drug-likeness (QED) is 0.778. The molecule has 25 heavy (non-hydrogen) atoms. The van der Waals surface area contributed by atoms with Crippen molar-refractivity contribution < 1.29 is 9.59 Å². The Morgan fingerprint density at radius 3 is 2.64 bits per heavy atom. The number of aromatic nitrogens is 2. The van der Waals surface area contributed by atoms with Crippen molar-refractivity contribution in [3.63, 3.8) is 0 Å². The number of nitrogens with zero attached hydrogens (tertiary/aromatic N) is 2. The fourth-order valence-electron chi connectivity index (χ4n) is 2.63. The van der Waals surface area contributed by atoms with Gasteiger partial charge in [-0.3, -0.25) is 9.59 Å². The Hall–Kier alpha value is -2.51. The molecule has 130 valence electrons. The number of amides is 2. The molecule has 1 fully saturated rings. The Labute approximate surface area is 150 Å². The highest BCUT2D eigenvalue weighted by Gasteiger charge is 2.23. The van der Waals surface area contributed by atoms with Crippen molar-refractivity contribution in [2.75, 3.05) is 23.7 Å². The molecule has 1 aliphatic rings. The van der Waals surface area contributed by atoms with Crippen molar-refractivity contribution in [3.05, 3.63) is 47.4 Å². The molecule has 0 spiro atoms. The number of rotatable bonds is 4. The summed E-state index contributed by atoms with van der Waals surface area (Å²) in [5.41, 5.74) is 0.527. The average Bonchev–Trinajstić information content (AvgIpc) is 2.64. The number of carbonyl (C=O) groups is 2. The van der Waals surface area contributed by atoms with Gasteiger partial charge in [0.2, 0.25) is 5.91 Å². The van der Waals surface area contributed by atoms with Gasteiger partial charge in [-0.1, -0.05) is 11.6 Å². The molecule has 2 aromatic rings. The van der Waals surface area contributed by atoms with Crippen LogP contribution in [0.15, 0.2) is 36.7 Å². The van der Waals surface area contributed by atoms with Crippen molar-refractivity contribution >= 4 is 34.9 Å². The van der Waals surface area contributed by atoms with Crippen molar-refractivity contribution in [3.8, 4) is 0 Å². The largest absolute Gasteiger partial charge is 0.324 e. The Morgan fingerprint density at radius 1 is 1.12 bits per heavy atom. The Bertz CT molecular complexity index is 760. The van der Waals surface area contributed by atoms with Crippen LogP contribution in [0.5, 0.6) is 0 Å². The van der Waals surface area contributed by atoms with Crippen molar-refractivity contribution in [1.82, 2.24) is 15.3 Å². The number of anilines is 2. The summed E-state index contributed by atoms with van der Waals surface area (Å²) in [4.78, 5) is 33.0. The monoisotopic (exact) mass is 359 g/mol. The summed E-state index contributed by atoms with van der Waals surface area (Å²) in [6.07, 6.45) is 4.50. The number of piperidine rings is 1. The van der Waals surface area contributed by atoms with Crippen LogP contribution >= 0.6 is 11.6 Å². The van der Waals surface area contributed by atoms with E-state index in [9.17, 15) is 9.59 Å². The van der Waals surface area contributed by atoms with Gasteiger partial charge in [-0.25, -0.2) is 9.97 Å². The Balaban J connectivity index is 1.72. The first-order chi connectivity index (χ1) is 12.1. The lowest BCUT2D eigenvalue weighted by Crippen LogP contribution is -2.35. The SMILES string of the molecule is O=C(Nc1ccc(Cl)cn1)c1ncccc1NC(=O)C1CCNCC1.